The number of phenols is 2. The first kappa shape index (κ1) is 24.1. The van der Waals surface area contributed by atoms with Crippen molar-refractivity contribution in [3.63, 3.8) is 0 Å². The van der Waals surface area contributed by atoms with Crippen LogP contribution in [0.1, 0.15) is 34.8 Å². The van der Waals surface area contributed by atoms with Crippen molar-refractivity contribution in [1.82, 2.24) is 5.32 Å². The van der Waals surface area contributed by atoms with Gasteiger partial charge in [-0.15, -0.1) is 0 Å². The molecular formula is C30H25FN2O4. The minimum Gasteiger partial charge on any atom is -0.508 e. The van der Waals surface area contributed by atoms with E-state index < -0.39 is 17.9 Å². The lowest BCUT2D eigenvalue weighted by molar-refractivity contribution is 0.0976. The topological polar surface area (TPSA) is 89.9 Å². The Morgan fingerprint density at radius 3 is 2.22 bits per heavy atom. The fourth-order valence-corrected chi connectivity index (χ4v) is 4.77. The molecule has 2 amide bonds. The van der Waals surface area contributed by atoms with Gasteiger partial charge >= 0.3 is 6.03 Å². The third-order valence-electron chi connectivity index (χ3n) is 6.62. The lowest BCUT2D eigenvalue weighted by Crippen LogP contribution is -2.29. The summed E-state index contributed by atoms with van der Waals surface area (Å²) in [5.74, 6) is -0.840. The van der Waals surface area contributed by atoms with Crippen LogP contribution < -0.4 is 10.2 Å². The standard InChI is InChI=1S/C30H25FN2O4/c31-22-10-6-21(7-11-22)27(35)17-16-26-29(25-15-14-24(34)18-28(25)36)33(30(37)32-26)23-12-8-20(9-13-23)19-4-2-1-3-5-19/h1-15,18,26,29,34,36H,16-17H2,(H,32,37)/t26-,29+/m0/s1. The Kier molecular flexibility index (Phi) is 6.60. The molecular weight excluding hydrogens is 471 g/mol. The summed E-state index contributed by atoms with van der Waals surface area (Å²) < 4.78 is 13.2. The molecule has 2 atom stereocenters. The molecule has 186 valence electrons. The molecule has 0 saturated carbocycles. The van der Waals surface area contributed by atoms with Crippen LogP contribution in [-0.2, 0) is 0 Å². The number of amides is 2. The number of benzene rings is 4. The van der Waals surface area contributed by atoms with E-state index in [0.717, 1.165) is 11.1 Å². The maximum atomic E-state index is 13.2. The van der Waals surface area contributed by atoms with Crippen LogP contribution in [0.2, 0.25) is 0 Å². The molecule has 1 aliphatic rings. The Hall–Kier alpha value is -4.65. The van der Waals surface area contributed by atoms with Gasteiger partial charge in [-0.3, -0.25) is 9.69 Å². The highest BCUT2D eigenvalue weighted by atomic mass is 19.1. The van der Waals surface area contributed by atoms with Crippen molar-refractivity contribution in [3.8, 4) is 22.6 Å². The summed E-state index contributed by atoms with van der Waals surface area (Å²) in [5, 5.41) is 23.4. The maximum Gasteiger partial charge on any atom is 0.322 e. The van der Waals surface area contributed by atoms with Gasteiger partial charge in [0.2, 0.25) is 0 Å². The van der Waals surface area contributed by atoms with Crippen molar-refractivity contribution in [2.24, 2.45) is 0 Å². The zero-order valence-electron chi connectivity index (χ0n) is 19.8. The van der Waals surface area contributed by atoms with Crippen LogP contribution in [-0.4, -0.2) is 28.1 Å². The molecule has 1 fully saturated rings. The van der Waals surface area contributed by atoms with Crippen LogP contribution in [0, 0.1) is 5.82 Å². The van der Waals surface area contributed by atoms with E-state index in [2.05, 4.69) is 5.32 Å². The van der Waals surface area contributed by atoms with Gasteiger partial charge in [-0.1, -0.05) is 42.5 Å². The lowest BCUT2D eigenvalue weighted by atomic mass is 9.93. The number of hydrogen-bond acceptors (Lipinski definition) is 4. The van der Waals surface area contributed by atoms with Crippen LogP contribution in [0.5, 0.6) is 11.5 Å². The number of carbonyl (C=O) groups excluding carboxylic acids is 2. The monoisotopic (exact) mass is 496 g/mol. The highest BCUT2D eigenvalue weighted by Crippen LogP contribution is 2.41. The first-order valence-corrected chi connectivity index (χ1v) is 12.0. The number of ketones is 1. The van der Waals surface area contributed by atoms with Crippen LogP contribution in [0.25, 0.3) is 11.1 Å². The van der Waals surface area contributed by atoms with Gasteiger partial charge in [0.25, 0.3) is 0 Å². The molecule has 1 heterocycles. The molecule has 4 aromatic carbocycles. The summed E-state index contributed by atoms with van der Waals surface area (Å²) >= 11 is 0. The fourth-order valence-electron chi connectivity index (χ4n) is 4.77. The molecule has 0 bridgehead atoms. The third kappa shape index (κ3) is 5.02. The Labute approximate surface area is 213 Å². The van der Waals surface area contributed by atoms with E-state index in [1.54, 1.807) is 11.0 Å². The average Bonchev–Trinajstić information content (AvgIpc) is 3.23. The van der Waals surface area contributed by atoms with Crippen molar-refractivity contribution in [2.75, 3.05) is 4.90 Å². The molecule has 5 rings (SSSR count). The quantitative estimate of drug-likeness (QED) is 0.266. The number of phenolic OH excluding ortho intramolecular Hbond substituents is 2. The second-order valence-electron chi connectivity index (χ2n) is 9.00. The Bertz CT molecular complexity index is 1420. The highest BCUT2D eigenvalue weighted by molar-refractivity contribution is 5.97. The van der Waals surface area contributed by atoms with Gasteiger partial charge < -0.3 is 15.5 Å². The molecule has 0 radical (unpaired) electrons. The van der Waals surface area contributed by atoms with Gasteiger partial charge in [0.1, 0.15) is 17.3 Å². The van der Waals surface area contributed by atoms with Crippen LogP contribution in [0.3, 0.4) is 0 Å². The molecule has 0 aromatic heterocycles. The van der Waals surface area contributed by atoms with E-state index in [4.69, 9.17) is 0 Å². The number of rotatable bonds is 7. The maximum absolute atomic E-state index is 13.2. The number of nitrogens with zero attached hydrogens (tertiary/aromatic N) is 1. The lowest BCUT2D eigenvalue weighted by Gasteiger charge is -2.28. The fraction of sp³-hybridized carbons (Fsp3) is 0.133. The van der Waals surface area contributed by atoms with Crippen molar-refractivity contribution in [3.05, 3.63) is 114 Å². The highest BCUT2D eigenvalue weighted by Gasteiger charge is 2.42. The second-order valence-corrected chi connectivity index (χ2v) is 9.00. The van der Waals surface area contributed by atoms with Gasteiger partial charge in [0.05, 0.1) is 12.1 Å². The van der Waals surface area contributed by atoms with Crippen LogP contribution in [0.4, 0.5) is 14.9 Å². The minimum atomic E-state index is -0.628. The molecule has 0 unspecified atom stereocenters. The number of carbonyl (C=O) groups is 2. The number of Topliss-reactive ketones (excluding diaryl/α,β-unsaturated/α-hetero) is 1. The normalized spacial score (nSPS) is 17.0. The van der Waals surface area contributed by atoms with E-state index in [9.17, 15) is 24.2 Å². The summed E-state index contributed by atoms with van der Waals surface area (Å²) in [6, 6.07) is 25.5. The first-order valence-electron chi connectivity index (χ1n) is 12.0. The molecule has 6 nitrogen and oxygen atoms in total. The number of anilines is 1. The molecule has 1 saturated heterocycles. The van der Waals surface area contributed by atoms with Crippen LogP contribution >= 0.6 is 0 Å². The summed E-state index contributed by atoms with van der Waals surface area (Å²) in [6.07, 6.45) is 0.415. The van der Waals surface area contributed by atoms with Gasteiger partial charge in [0.15, 0.2) is 5.78 Å². The van der Waals surface area contributed by atoms with E-state index >= 15 is 0 Å². The molecule has 0 spiro atoms. The van der Waals surface area contributed by atoms with E-state index in [-0.39, 0.29) is 29.7 Å². The van der Waals surface area contributed by atoms with Crippen LogP contribution in [0.15, 0.2) is 97.1 Å². The largest absolute Gasteiger partial charge is 0.508 e. The molecule has 3 N–H and O–H groups in total. The molecule has 1 aliphatic heterocycles. The molecule has 37 heavy (non-hydrogen) atoms. The van der Waals surface area contributed by atoms with E-state index in [0.29, 0.717) is 23.2 Å². The van der Waals surface area contributed by atoms with E-state index in [1.165, 1.54) is 36.4 Å². The number of nitrogens with one attached hydrogen (secondary N) is 1. The summed E-state index contributed by atoms with van der Waals surface area (Å²) in [4.78, 5) is 27.5. The van der Waals surface area contributed by atoms with Gasteiger partial charge in [-0.25, -0.2) is 9.18 Å². The van der Waals surface area contributed by atoms with Gasteiger partial charge in [-0.2, -0.15) is 0 Å². The Morgan fingerprint density at radius 2 is 1.54 bits per heavy atom. The van der Waals surface area contributed by atoms with Gasteiger partial charge in [0, 0.05) is 29.3 Å². The Morgan fingerprint density at radius 1 is 0.865 bits per heavy atom. The number of halogens is 1. The van der Waals surface area contributed by atoms with Crippen molar-refractivity contribution >= 4 is 17.5 Å². The van der Waals surface area contributed by atoms with E-state index in [1.807, 2.05) is 54.6 Å². The zero-order chi connectivity index (χ0) is 25.9. The number of urea groups is 1. The predicted molar refractivity (Wildman–Crippen MR) is 139 cm³/mol. The second kappa shape index (κ2) is 10.1. The predicted octanol–water partition coefficient (Wildman–Crippen LogP) is 6.21. The summed E-state index contributed by atoms with van der Waals surface area (Å²) in [6.45, 7) is 0. The average molecular weight is 497 g/mol. The molecule has 4 aromatic rings. The number of hydrogen-bond donors (Lipinski definition) is 3. The van der Waals surface area contributed by atoms with Crippen molar-refractivity contribution in [1.29, 1.82) is 0 Å². The van der Waals surface area contributed by atoms with Crippen molar-refractivity contribution in [2.45, 2.75) is 24.9 Å². The molecule has 7 heteroatoms. The smallest absolute Gasteiger partial charge is 0.322 e. The number of aromatic hydroxyl groups is 2. The van der Waals surface area contributed by atoms with Crippen molar-refractivity contribution < 1.29 is 24.2 Å². The van der Waals surface area contributed by atoms with Gasteiger partial charge in [-0.05, 0) is 66.1 Å². The third-order valence-corrected chi connectivity index (χ3v) is 6.62. The summed E-state index contributed by atoms with van der Waals surface area (Å²) in [5.41, 5.74) is 3.51. The first-order chi connectivity index (χ1) is 17.9. The minimum absolute atomic E-state index is 0.0969. The molecule has 0 aliphatic carbocycles. The SMILES string of the molecule is O=C(CC[C@@H]1NC(=O)N(c2ccc(-c3ccccc3)cc2)[C@@H]1c1ccc(O)cc1O)c1ccc(F)cc1. The zero-order valence-corrected chi connectivity index (χ0v) is 19.8. The Balaban J connectivity index is 1.44. The summed E-state index contributed by atoms with van der Waals surface area (Å²) in [7, 11) is 0.